The van der Waals surface area contributed by atoms with Gasteiger partial charge < -0.3 is 0 Å². The lowest BCUT2D eigenvalue weighted by Gasteiger charge is -2.60. The third-order valence-corrected chi connectivity index (χ3v) is 6.07. The lowest BCUT2D eigenvalue weighted by atomic mass is 9.74. The van der Waals surface area contributed by atoms with Crippen molar-refractivity contribution in [2.75, 3.05) is 39.6 Å². The number of hydrogen-bond acceptors (Lipinski definition) is 5. The summed E-state index contributed by atoms with van der Waals surface area (Å²) in [4.78, 5) is 7.64. The zero-order valence-electron chi connectivity index (χ0n) is 15.3. The minimum absolute atomic E-state index is 0.0694. The van der Waals surface area contributed by atoms with Gasteiger partial charge in [-0.25, -0.2) is 0 Å². The Balaban J connectivity index is 1.47. The summed E-state index contributed by atoms with van der Waals surface area (Å²) in [6.07, 6.45) is 10.1. The van der Waals surface area contributed by atoms with Gasteiger partial charge in [-0.3, -0.25) is 14.7 Å². The van der Waals surface area contributed by atoms with E-state index in [0.29, 0.717) is 5.92 Å². The van der Waals surface area contributed by atoms with E-state index >= 15 is 0 Å². The van der Waals surface area contributed by atoms with Crippen molar-refractivity contribution in [1.29, 1.82) is 0 Å². The van der Waals surface area contributed by atoms with Crippen molar-refractivity contribution in [1.82, 2.24) is 14.7 Å². The van der Waals surface area contributed by atoms with Gasteiger partial charge >= 0.3 is 0 Å². The van der Waals surface area contributed by atoms with Gasteiger partial charge in [-0.15, -0.1) is 0 Å². The van der Waals surface area contributed by atoms with Crippen LogP contribution in [0.5, 0.6) is 0 Å². The Labute approximate surface area is 155 Å². The monoisotopic (exact) mass is 349 g/mol. The normalized spacial score (nSPS) is 39.0. The summed E-state index contributed by atoms with van der Waals surface area (Å²) in [5, 5.41) is 9.46. The first kappa shape index (κ1) is 16.4. The average molecular weight is 349 g/mol. The molecule has 4 aliphatic heterocycles. The third-order valence-electron chi connectivity index (χ3n) is 6.07. The van der Waals surface area contributed by atoms with Crippen LogP contribution >= 0.6 is 0 Å². The highest BCUT2D eigenvalue weighted by molar-refractivity contribution is 6.05. The van der Waals surface area contributed by atoms with Crippen LogP contribution in [0.1, 0.15) is 24.8 Å². The lowest BCUT2D eigenvalue weighted by molar-refractivity contribution is -0.149. The summed E-state index contributed by atoms with van der Waals surface area (Å²) in [7, 11) is 0. The summed E-state index contributed by atoms with van der Waals surface area (Å²) in [5.74, 6) is 0.536. The van der Waals surface area contributed by atoms with Crippen molar-refractivity contribution < 1.29 is 0 Å². The fraction of sp³-hybridized carbons (Fsp3) is 0.524. The second-order valence-corrected chi connectivity index (χ2v) is 8.32. The number of benzene rings is 1. The van der Waals surface area contributed by atoms with Crippen LogP contribution in [-0.4, -0.2) is 66.3 Å². The predicted octanol–water partition coefficient (Wildman–Crippen LogP) is 2.62. The molecule has 0 N–H and O–H groups in total. The van der Waals surface area contributed by atoms with Crippen LogP contribution in [0.2, 0.25) is 0 Å². The van der Waals surface area contributed by atoms with Crippen molar-refractivity contribution in [3.8, 4) is 0 Å². The smallest absolute Gasteiger partial charge is 0.0802 e. The first-order valence-corrected chi connectivity index (χ1v) is 9.80. The number of nitrogens with zero attached hydrogens (tertiary/aromatic N) is 5. The second kappa shape index (κ2) is 6.72. The fourth-order valence-corrected chi connectivity index (χ4v) is 5.15. The van der Waals surface area contributed by atoms with E-state index in [1.54, 1.807) is 0 Å². The Hall–Kier alpha value is -1.82. The minimum atomic E-state index is 0.0694. The standard InChI is InChI=1S/C21H27N5/c1-3-7-18(8-4-1)11-22-23-20(19-9-5-2-6-10-19)21-12-24-15-25(13-21)17-26(14-21)16-24/h1-3,5-6,9-11,18H,4,7-8,12-17H2/b22-11-,23-20+/t18-/m0/s1. The molecule has 5 heteroatoms. The molecule has 5 nitrogen and oxygen atoms in total. The van der Waals surface area contributed by atoms with E-state index in [1.807, 2.05) is 0 Å². The molecule has 5 aliphatic rings. The molecule has 0 saturated carbocycles. The maximum Gasteiger partial charge on any atom is 0.0802 e. The van der Waals surface area contributed by atoms with Crippen molar-refractivity contribution in [3.63, 3.8) is 0 Å². The molecule has 0 radical (unpaired) electrons. The van der Waals surface area contributed by atoms with Crippen LogP contribution in [0.4, 0.5) is 0 Å². The summed E-state index contributed by atoms with van der Waals surface area (Å²) in [6.45, 7) is 6.56. The lowest BCUT2D eigenvalue weighted by Crippen LogP contribution is -2.74. The second-order valence-electron chi connectivity index (χ2n) is 8.32. The zero-order chi connectivity index (χ0) is 17.4. The first-order valence-electron chi connectivity index (χ1n) is 9.80. The van der Waals surface area contributed by atoms with Gasteiger partial charge in [-0.05, 0) is 30.7 Å². The molecule has 0 spiro atoms. The number of rotatable bonds is 4. The molecule has 4 saturated heterocycles. The molecule has 0 amide bonds. The van der Waals surface area contributed by atoms with Crippen LogP contribution in [0.3, 0.4) is 0 Å². The van der Waals surface area contributed by atoms with E-state index in [-0.39, 0.29) is 5.41 Å². The summed E-state index contributed by atoms with van der Waals surface area (Å²) in [5.41, 5.74) is 2.46. The molecule has 1 aromatic carbocycles. The predicted molar refractivity (Wildman–Crippen MR) is 105 cm³/mol. The summed E-state index contributed by atoms with van der Waals surface area (Å²) >= 11 is 0. The van der Waals surface area contributed by atoms with Crippen LogP contribution in [0.15, 0.2) is 52.7 Å². The van der Waals surface area contributed by atoms with Crippen LogP contribution in [0.25, 0.3) is 0 Å². The van der Waals surface area contributed by atoms with Gasteiger partial charge in [0.1, 0.15) is 0 Å². The topological polar surface area (TPSA) is 34.4 Å². The molecule has 1 atom stereocenters. The zero-order valence-corrected chi connectivity index (χ0v) is 15.3. The Morgan fingerprint density at radius 2 is 1.65 bits per heavy atom. The van der Waals surface area contributed by atoms with Crippen molar-refractivity contribution in [2.45, 2.75) is 19.3 Å². The molecule has 4 fully saturated rings. The average Bonchev–Trinajstić information content (AvgIpc) is 2.65. The molecule has 136 valence electrons. The third kappa shape index (κ3) is 3.04. The number of hydrogen-bond donors (Lipinski definition) is 0. The molecular formula is C21H27N5. The highest BCUT2D eigenvalue weighted by Gasteiger charge is 2.51. The molecule has 4 heterocycles. The van der Waals surface area contributed by atoms with E-state index in [1.165, 1.54) is 17.7 Å². The van der Waals surface area contributed by atoms with Gasteiger partial charge in [0.2, 0.25) is 0 Å². The minimum Gasteiger partial charge on any atom is -0.276 e. The van der Waals surface area contributed by atoms with E-state index < -0.39 is 0 Å². The maximum atomic E-state index is 4.86. The van der Waals surface area contributed by atoms with E-state index in [0.717, 1.165) is 52.5 Å². The SMILES string of the molecule is C1=CC[C@H](/C=N\N=C(/c2ccccc2)C23CN4CN(CN(C4)C2)C3)CC1. The largest absolute Gasteiger partial charge is 0.276 e. The molecular weight excluding hydrogens is 322 g/mol. The summed E-state index contributed by atoms with van der Waals surface area (Å²) in [6, 6.07) is 10.7. The van der Waals surface area contributed by atoms with Gasteiger partial charge in [-0.1, -0.05) is 42.5 Å². The molecule has 26 heavy (non-hydrogen) atoms. The van der Waals surface area contributed by atoms with Crippen LogP contribution in [-0.2, 0) is 0 Å². The molecule has 1 aromatic rings. The van der Waals surface area contributed by atoms with Crippen molar-refractivity contribution in [2.24, 2.45) is 21.5 Å². The van der Waals surface area contributed by atoms with Crippen LogP contribution in [0, 0.1) is 11.3 Å². The maximum absolute atomic E-state index is 4.86. The molecule has 1 aliphatic carbocycles. The highest BCUT2D eigenvalue weighted by atomic mass is 15.5. The Morgan fingerprint density at radius 3 is 2.27 bits per heavy atom. The molecule has 6 rings (SSSR count). The van der Waals surface area contributed by atoms with Gasteiger partial charge in [0.25, 0.3) is 0 Å². The molecule has 0 unspecified atom stereocenters. The van der Waals surface area contributed by atoms with Crippen LogP contribution < -0.4 is 0 Å². The summed E-state index contributed by atoms with van der Waals surface area (Å²) < 4.78 is 0. The molecule has 4 bridgehead atoms. The highest BCUT2D eigenvalue weighted by Crippen LogP contribution is 2.38. The van der Waals surface area contributed by atoms with Crippen molar-refractivity contribution >= 4 is 11.9 Å². The van der Waals surface area contributed by atoms with Gasteiger partial charge in [0.05, 0.1) is 31.1 Å². The Kier molecular flexibility index (Phi) is 4.23. The van der Waals surface area contributed by atoms with Gasteiger partial charge in [0.15, 0.2) is 0 Å². The Bertz CT molecular complexity index is 701. The number of allylic oxidation sites excluding steroid dienone is 2. The van der Waals surface area contributed by atoms with E-state index in [2.05, 4.69) is 68.5 Å². The quantitative estimate of drug-likeness (QED) is 0.476. The van der Waals surface area contributed by atoms with Gasteiger partial charge in [0, 0.05) is 25.8 Å². The van der Waals surface area contributed by atoms with Gasteiger partial charge in [-0.2, -0.15) is 10.2 Å². The Morgan fingerprint density at radius 1 is 0.962 bits per heavy atom. The molecule has 0 aromatic heterocycles. The van der Waals surface area contributed by atoms with E-state index in [9.17, 15) is 0 Å². The van der Waals surface area contributed by atoms with E-state index in [4.69, 9.17) is 5.10 Å². The fourth-order valence-electron chi connectivity index (χ4n) is 5.15. The first-order chi connectivity index (χ1) is 12.8. The van der Waals surface area contributed by atoms with Crippen molar-refractivity contribution in [3.05, 3.63) is 48.0 Å².